The molecule has 1 aromatic heterocycles. The third-order valence-corrected chi connectivity index (χ3v) is 3.08. The van der Waals surface area contributed by atoms with Gasteiger partial charge in [-0.15, -0.1) is 4.98 Å². The Kier molecular flexibility index (Phi) is 4.57. The van der Waals surface area contributed by atoms with Crippen molar-refractivity contribution in [2.24, 2.45) is 0 Å². The third kappa shape index (κ3) is 3.59. The van der Waals surface area contributed by atoms with Crippen LogP contribution in [-0.2, 0) is 0 Å². The minimum Gasteiger partial charge on any atom is -0.467 e. The summed E-state index contributed by atoms with van der Waals surface area (Å²) in [7, 11) is 3.23. The highest BCUT2D eigenvalue weighted by atomic mass is 16.5. The first kappa shape index (κ1) is 15.0. The van der Waals surface area contributed by atoms with Crippen LogP contribution in [0.1, 0.15) is 30.9 Å². The molecule has 6 heteroatoms. The van der Waals surface area contributed by atoms with E-state index in [1.165, 1.54) is 12.7 Å². The second-order valence-electron chi connectivity index (χ2n) is 4.96. The van der Waals surface area contributed by atoms with Gasteiger partial charge in [0.1, 0.15) is 5.75 Å². The van der Waals surface area contributed by atoms with E-state index in [4.69, 9.17) is 9.47 Å². The molecule has 0 aliphatic heterocycles. The molecule has 1 N–H and O–H groups in total. The summed E-state index contributed by atoms with van der Waals surface area (Å²) in [6.07, 6.45) is 0. The fraction of sp³-hybridized carbons (Fsp3) is 0.400. The lowest BCUT2D eigenvalue weighted by Gasteiger charge is -2.12. The molecule has 0 bridgehead atoms. The first-order valence-corrected chi connectivity index (χ1v) is 6.79. The summed E-state index contributed by atoms with van der Waals surface area (Å²) in [5.41, 5.74) is 2.22. The first-order valence-electron chi connectivity index (χ1n) is 6.79. The van der Waals surface area contributed by atoms with Gasteiger partial charge in [0.15, 0.2) is 0 Å². The van der Waals surface area contributed by atoms with Gasteiger partial charge in [-0.1, -0.05) is 26.0 Å². The zero-order valence-corrected chi connectivity index (χ0v) is 13.0. The van der Waals surface area contributed by atoms with Gasteiger partial charge in [0, 0.05) is 7.05 Å². The molecular weight excluding hydrogens is 268 g/mol. The molecule has 0 radical (unpaired) electrons. The topological polar surface area (TPSA) is 69.2 Å². The van der Waals surface area contributed by atoms with E-state index < -0.39 is 0 Å². The average Bonchev–Trinajstić information content (AvgIpc) is 2.48. The average molecular weight is 288 g/mol. The molecule has 1 heterocycles. The van der Waals surface area contributed by atoms with Crippen LogP contribution in [0.4, 0.5) is 5.95 Å². The lowest BCUT2D eigenvalue weighted by atomic mass is 10.0. The lowest BCUT2D eigenvalue weighted by molar-refractivity contribution is 0.359. The molecule has 0 spiro atoms. The van der Waals surface area contributed by atoms with Gasteiger partial charge in [-0.25, -0.2) is 0 Å². The Morgan fingerprint density at radius 3 is 2.43 bits per heavy atom. The molecule has 0 amide bonds. The zero-order chi connectivity index (χ0) is 15.4. The van der Waals surface area contributed by atoms with Crippen LogP contribution in [0.15, 0.2) is 18.2 Å². The van der Waals surface area contributed by atoms with Crippen molar-refractivity contribution in [2.45, 2.75) is 26.7 Å². The Hall–Kier alpha value is -2.37. The van der Waals surface area contributed by atoms with E-state index in [1.54, 1.807) is 7.05 Å². The predicted octanol–water partition coefficient (Wildman–Crippen LogP) is 3.15. The number of methoxy groups -OCH3 is 1. The molecule has 21 heavy (non-hydrogen) atoms. The van der Waals surface area contributed by atoms with Crippen molar-refractivity contribution in [3.63, 3.8) is 0 Å². The van der Waals surface area contributed by atoms with E-state index in [1.807, 2.05) is 19.1 Å². The van der Waals surface area contributed by atoms with E-state index in [9.17, 15) is 0 Å². The summed E-state index contributed by atoms with van der Waals surface area (Å²) < 4.78 is 10.8. The first-order chi connectivity index (χ1) is 10.0. The fourth-order valence-corrected chi connectivity index (χ4v) is 1.77. The summed E-state index contributed by atoms with van der Waals surface area (Å²) in [6.45, 7) is 6.26. The maximum Gasteiger partial charge on any atom is 0.330 e. The van der Waals surface area contributed by atoms with Crippen LogP contribution < -0.4 is 14.8 Å². The van der Waals surface area contributed by atoms with Crippen molar-refractivity contribution in [2.75, 3.05) is 19.5 Å². The van der Waals surface area contributed by atoms with Crippen molar-refractivity contribution in [3.05, 3.63) is 29.3 Å². The van der Waals surface area contributed by atoms with E-state index in [-0.39, 0.29) is 12.0 Å². The minimum atomic E-state index is 0.204. The SMILES string of the molecule is CNc1nc(OC)nc(Oc2cc(C(C)C)ccc2C)n1. The van der Waals surface area contributed by atoms with Crippen molar-refractivity contribution >= 4 is 5.95 Å². The molecule has 0 aliphatic carbocycles. The number of ether oxygens (including phenoxy) is 2. The molecule has 112 valence electrons. The minimum absolute atomic E-state index is 0.204. The second-order valence-corrected chi connectivity index (χ2v) is 4.96. The number of benzene rings is 1. The zero-order valence-electron chi connectivity index (χ0n) is 13.0. The molecule has 0 fully saturated rings. The second kappa shape index (κ2) is 6.39. The van der Waals surface area contributed by atoms with E-state index in [0.29, 0.717) is 11.9 Å². The number of rotatable bonds is 5. The highest BCUT2D eigenvalue weighted by molar-refractivity contribution is 5.39. The summed E-state index contributed by atoms with van der Waals surface area (Å²) >= 11 is 0. The summed E-state index contributed by atoms with van der Waals surface area (Å²) in [5.74, 6) is 1.56. The summed E-state index contributed by atoms with van der Waals surface area (Å²) in [4.78, 5) is 12.3. The number of nitrogens with one attached hydrogen (secondary N) is 1. The van der Waals surface area contributed by atoms with Crippen LogP contribution in [0.5, 0.6) is 17.8 Å². The number of aromatic nitrogens is 3. The molecule has 2 aromatic rings. The van der Waals surface area contributed by atoms with Gasteiger partial charge >= 0.3 is 12.0 Å². The molecule has 0 unspecified atom stereocenters. The molecular formula is C15H20N4O2. The van der Waals surface area contributed by atoms with Crippen molar-refractivity contribution in [1.29, 1.82) is 0 Å². The molecule has 0 atom stereocenters. The molecule has 1 aromatic carbocycles. The van der Waals surface area contributed by atoms with Crippen molar-refractivity contribution < 1.29 is 9.47 Å². The monoisotopic (exact) mass is 288 g/mol. The number of hydrogen-bond donors (Lipinski definition) is 1. The van der Waals surface area contributed by atoms with Gasteiger partial charge in [0.2, 0.25) is 5.95 Å². The van der Waals surface area contributed by atoms with Crippen LogP contribution in [0.25, 0.3) is 0 Å². The van der Waals surface area contributed by atoms with Crippen LogP contribution in [0.2, 0.25) is 0 Å². The molecule has 0 aliphatic rings. The normalized spacial score (nSPS) is 10.6. The summed E-state index contributed by atoms with van der Waals surface area (Å²) in [6, 6.07) is 6.55. The quantitative estimate of drug-likeness (QED) is 0.911. The highest BCUT2D eigenvalue weighted by Crippen LogP contribution is 2.28. The van der Waals surface area contributed by atoms with Gasteiger partial charge in [-0.3, -0.25) is 0 Å². The van der Waals surface area contributed by atoms with Gasteiger partial charge in [-0.2, -0.15) is 9.97 Å². The maximum absolute atomic E-state index is 5.80. The van der Waals surface area contributed by atoms with Crippen molar-refractivity contribution in [1.82, 2.24) is 15.0 Å². The van der Waals surface area contributed by atoms with Gasteiger partial charge < -0.3 is 14.8 Å². The number of aryl methyl sites for hydroxylation is 1. The largest absolute Gasteiger partial charge is 0.467 e. The van der Waals surface area contributed by atoms with E-state index in [0.717, 1.165) is 11.3 Å². The lowest BCUT2D eigenvalue weighted by Crippen LogP contribution is -2.04. The van der Waals surface area contributed by atoms with Crippen LogP contribution in [0, 0.1) is 6.92 Å². The van der Waals surface area contributed by atoms with Crippen LogP contribution >= 0.6 is 0 Å². The smallest absolute Gasteiger partial charge is 0.330 e. The Morgan fingerprint density at radius 2 is 1.81 bits per heavy atom. The Balaban J connectivity index is 2.35. The standard InChI is InChI=1S/C15H20N4O2/c1-9(2)11-7-6-10(3)12(8-11)21-15-18-13(16-4)17-14(19-15)20-5/h6-9H,1-5H3,(H,16,17,18,19). The van der Waals surface area contributed by atoms with Crippen LogP contribution in [0.3, 0.4) is 0 Å². The van der Waals surface area contributed by atoms with Gasteiger partial charge in [-0.05, 0) is 30.0 Å². The predicted molar refractivity (Wildman–Crippen MR) is 81.3 cm³/mol. The fourth-order valence-electron chi connectivity index (χ4n) is 1.77. The number of anilines is 1. The third-order valence-electron chi connectivity index (χ3n) is 3.08. The molecule has 6 nitrogen and oxygen atoms in total. The Morgan fingerprint density at radius 1 is 1.10 bits per heavy atom. The maximum atomic E-state index is 5.80. The molecule has 2 rings (SSSR count). The van der Waals surface area contributed by atoms with E-state index in [2.05, 4.69) is 40.2 Å². The van der Waals surface area contributed by atoms with Crippen LogP contribution in [-0.4, -0.2) is 29.1 Å². The highest BCUT2D eigenvalue weighted by Gasteiger charge is 2.11. The molecule has 0 saturated heterocycles. The Labute approximate surface area is 124 Å². The number of nitrogens with zero attached hydrogens (tertiary/aromatic N) is 3. The molecule has 0 saturated carbocycles. The van der Waals surface area contributed by atoms with Gasteiger partial charge in [0.25, 0.3) is 0 Å². The summed E-state index contributed by atoms with van der Waals surface area (Å²) in [5, 5.41) is 2.85. The van der Waals surface area contributed by atoms with E-state index >= 15 is 0 Å². The van der Waals surface area contributed by atoms with Gasteiger partial charge in [0.05, 0.1) is 7.11 Å². The Bertz CT molecular complexity index is 607. The number of hydrogen-bond acceptors (Lipinski definition) is 6. The van der Waals surface area contributed by atoms with Crippen molar-refractivity contribution in [3.8, 4) is 17.8 Å².